The van der Waals surface area contributed by atoms with Gasteiger partial charge in [0.2, 0.25) is 0 Å². The molecular weight excluding hydrogens is 292 g/mol. The van der Waals surface area contributed by atoms with Gasteiger partial charge in [-0.1, -0.05) is 84.6 Å². The molecule has 0 aliphatic rings. The van der Waals surface area contributed by atoms with Gasteiger partial charge in [-0.2, -0.15) is 0 Å². The molecule has 0 saturated carbocycles. The first-order valence-electron chi connectivity index (χ1n) is 10.6. The lowest BCUT2D eigenvalue weighted by Gasteiger charge is -2.29. The van der Waals surface area contributed by atoms with Crippen LogP contribution < -0.4 is 0 Å². The summed E-state index contributed by atoms with van der Waals surface area (Å²) in [6, 6.07) is 0.502. The Morgan fingerprint density at radius 1 is 0.833 bits per heavy atom. The minimum atomic E-state index is 0.502. The van der Waals surface area contributed by atoms with Crippen molar-refractivity contribution in [2.24, 2.45) is 4.99 Å². The molecule has 2 heteroatoms. The Labute approximate surface area is 152 Å². The minimum absolute atomic E-state index is 0.502. The molecule has 0 rings (SSSR count). The number of hydrogen-bond acceptors (Lipinski definition) is 1. The van der Waals surface area contributed by atoms with Gasteiger partial charge in [0.1, 0.15) is 5.84 Å². The zero-order chi connectivity index (χ0) is 18.0. The fourth-order valence-electron chi connectivity index (χ4n) is 3.06. The van der Waals surface area contributed by atoms with Crippen molar-refractivity contribution in [3.05, 3.63) is 12.7 Å². The van der Waals surface area contributed by atoms with E-state index in [1.54, 1.807) is 0 Å². The first kappa shape index (κ1) is 23.2. The van der Waals surface area contributed by atoms with E-state index < -0.39 is 0 Å². The molecule has 0 unspecified atom stereocenters. The van der Waals surface area contributed by atoms with E-state index in [4.69, 9.17) is 4.99 Å². The van der Waals surface area contributed by atoms with Crippen LogP contribution in [-0.2, 0) is 0 Å². The van der Waals surface area contributed by atoms with E-state index in [2.05, 4.69) is 39.2 Å². The number of hydrogen-bond donors (Lipinski definition) is 0. The van der Waals surface area contributed by atoms with Gasteiger partial charge in [-0.15, -0.1) is 0 Å². The average Bonchev–Trinajstić information content (AvgIpc) is 2.57. The number of amidine groups is 1. The molecule has 0 aromatic carbocycles. The molecule has 142 valence electrons. The number of unbranched alkanes of at least 4 members (excludes halogenated alkanes) is 10. The highest BCUT2D eigenvalue weighted by Gasteiger charge is 2.11. The van der Waals surface area contributed by atoms with Gasteiger partial charge in [0.05, 0.1) is 0 Å². The maximum atomic E-state index is 4.83. The smallest absolute Gasteiger partial charge is 0.123 e. The summed E-state index contributed by atoms with van der Waals surface area (Å²) in [6.45, 7) is 15.1. The van der Waals surface area contributed by atoms with Crippen molar-refractivity contribution in [1.29, 1.82) is 0 Å². The normalized spacial score (nSPS) is 12.0. The Bertz CT molecular complexity index is 307. The summed E-state index contributed by atoms with van der Waals surface area (Å²) in [6.07, 6.45) is 18.0. The van der Waals surface area contributed by atoms with Crippen LogP contribution in [0.1, 0.15) is 105 Å². The Kier molecular flexibility index (Phi) is 16.5. The van der Waals surface area contributed by atoms with Crippen LogP contribution in [0.3, 0.4) is 0 Å². The Hall–Kier alpha value is -0.790. The van der Waals surface area contributed by atoms with Crippen molar-refractivity contribution in [1.82, 2.24) is 4.90 Å². The molecule has 0 bridgehead atoms. The van der Waals surface area contributed by atoms with Crippen LogP contribution in [0, 0.1) is 0 Å². The van der Waals surface area contributed by atoms with Gasteiger partial charge in [-0.25, -0.2) is 0 Å². The highest BCUT2D eigenvalue weighted by Crippen LogP contribution is 2.10. The largest absolute Gasteiger partial charge is 0.355 e. The van der Waals surface area contributed by atoms with Gasteiger partial charge < -0.3 is 4.90 Å². The molecule has 0 amide bonds. The molecule has 0 aromatic rings. The van der Waals surface area contributed by atoms with Gasteiger partial charge in [0.15, 0.2) is 0 Å². The van der Waals surface area contributed by atoms with E-state index in [1.165, 1.54) is 77.0 Å². The summed E-state index contributed by atoms with van der Waals surface area (Å²) >= 11 is 0. The van der Waals surface area contributed by atoms with Crippen molar-refractivity contribution in [2.45, 2.75) is 111 Å². The lowest BCUT2D eigenvalue weighted by atomic mass is 10.1. The molecule has 0 aromatic heterocycles. The van der Waals surface area contributed by atoms with Crippen LogP contribution in [0.2, 0.25) is 0 Å². The monoisotopic (exact) mass is 336 g/mol. The van der Waals surface area contributed by atoms with E-state index in [1.807, 2.05) is 6.08 Å². The van der Waals surface area contributed by atoms with Gasteiger partial charge in [0.25, 0.3) is 0 Å². The predicted molar refractivity (Wildman–Crippen MR) is 111 cm³/mol. The van der Waals surface area contributed by atoms with Crippen LogP contribution in [-0.4, -0.2) is 29.9 Å². The second-order valence-electron chi connectivity index (χ2n) is 7.27. The quantitative estimate of drug-likeness (QED) is 0.168. The third kappa shape index (κ3) is 12.6. The van der Waals surface area contributed by atoms with Crippen LogP contribution in [0.25, 0.3) is 0 Å². The fourth-order valence-corrected chi connectivity index (χ4v) is 3.06. The summed E-state index contributed by atoms with van der Waals surface area (Å²) in [4.78, 5) is 7.27. The van der Waals surface area contributed by atoms with Gasteiger partial charge in [0, 0.05) is 19.1 Å². The first-order valence-corrected chi connectivity index (χ1v) is 10.6. The average molecular weight is 337 g/mol. The predicted octanol–water partition coefficient (Wildman–Crippen LogP) is 7.00. The molecule has 0 aliphatic heterocycles. The van der Waals surface area contributed by atoms with Crippen molar-refractivity contribution in [2.75, 3.05) is 13.1 Å². The molecule has 0 saturated heterocycles. The summed E-state index contributed by atoms with van der Waals surface area (Å²) in [5.74, 6) is 1.10. The minimum Gasteiger partial charge on any atom is -0.355 e. The SMILES string of the molecule is C=CC(=NCCCCCCCC)N(CCCCCCCC)C(C)C. The number of aliphatic imine (C=N–C) groups is 1. The summed E-state index contributed by atoms with van der Waals surface area (Å²) < 4.78 is 0. The topological polar surface area (TPSA) is 15.6 Å². The highest BCUT2D eigenvalue weighted by atomic mass is 15.2. The van der Waals surface area contributed by atoms with Crippen molar-refractivity contribution < 1.29 is 0 Å². The molecule has 2 nitrogen and oxygen atoms in total. The van der Waals surface area contributed by atoms with E-state index >= 15 is 0 Å². The Morgan fingerprint density at radius 2 is 1.33 bits per heavy atom. The number of rotatable bonds is 16. The lowest BCUT2D eigenvalue weighted by Crippen LogP contribution is -2.36. The molecule has 0 atom stereocenters. The number of nitrogens with zero attached hydrogens (tertiary/aromatic N) is 2. The third-order valence-corrected chi connectivity index (χ3v) is 4.64. The van der Waals surface area contributed by atoms with Crippen molar-refractivity contribution >= 4 is 5.84 Å². The lowest BCUT2D eigenvalue weighted by molar-refractivity contribution is 0.339. The zero-order valence-electron chi connectivity index (χ0n) is 17.2. The Balaban J connectivity index is 4.12. The van der Waals surface area contributed by atoms with Crippen LogP contribution in [0.5, 0.6) is 0 Å². The summed E-state index contributed by atoms with van der Waals surface area (Å²) in [5.41, 5.74) is 0. The fraction of sp³-hybridized carbons (Fsp3) is 0.864. The molecule has 0 N–H and O–H groups in total. The molecular formula is C22H44N2. The maximum absolute atomic E-state index is 4.83. The van der Waals surface area contributed by atoms with Gasteiger partial charge in [-0.3, -0.25) is 4.99 Å². The van der Waals surface area contributed by atoms with Crippen molar-refractivity contribution in [3.8, 4) is 0 Å². The molecule has 0 aliphatic carbocycles. The highest BCUT2D eigenvalue weighted by molar-refractivity contribution is 5.92. The molecule has 0 spiro atoms. The van der Waals surface area contributed by atoms with E-state index in [9.17, 15) is 0 Å². The summed E-state index contributed by atoms with van der Waals surface area (Å²) in [7, 11) is 0. The third-order valence-electron chi connectivity index (χ3n) is 4.64. The van der Waals surface area contributed by atoms with E-state index in [0.29, 0.717) is 6.04 Å². The van der Waals surface area contributed by atoms with Gasteiger partial charge >= 0.3 is 0 Å². The molecule has 0 radical (unpaired) electrons. The van der Waals surface area contributed by atoms with E-state index in [0.717, 1.165) is 18.9 Å². The second kappa shape index (κ2) is 17.0. The molecule has 24 heavy (non-hydrogen) atoms. The first-order chi connectivity index (χ1) is 11.7. The summed E-state index contributed by atoms with van der Waals surface area (Å²) in [5, 5.41) is 0. The molecule has 0 fully saturated rings. The van der Waals surface area contributed by atoms with Crippen LogP contribution >= 0.6 is 0 Å². The zero-order valence-corrected chi connectivity index (χ0v) is 17.2. The van der Waals surface area contributed by atoms with Crippen molar-refractivity contribution in [3.63, 3.8) is 0 Å². The maximum Gasteiger partial charge on any atom is 0.123 e. The molecule has 0 heterocycles. The standard InChI is InChI=1S/C22H44N2/c1-6-9-11-13-15-17-19-23-22(8-3)24(21(4)5)20-18-16-14-12-10-7-2/h8,21H,3,6-7,9-20H2,1-2,4-5H3. The van der Waals surface area contributed by atoms with E-state index in [-0.39, 0.29) is 0 Å². The van der Waals surface area contributed by atoms with Gasteiger partial charge in [-0.05, 0) is 32.8 Å². The van der Waals surface area contributed by atoms with Crippen LogP contribution in [0.15, 0.2) is 17.6 Å². The second-order valence-corrected chi connectivity index (χ2v) is 7.27. The Morgan fingerprint density at radius 3 is 1.83 bits per heavy atom. The van der Waals surface area contributed by atoms with Crippen LogP contribution in [0.4, 0.5) is 0 Å².